The Hall–Kier alpha value is -2.14. The first kappa shape index (κ1) is 19.6. The second kappa shape index (κ2) is 10.3. The number of nitroso groups, excluding NO2 is 1. The molecule has 0 fully saturated rings. The van der Waals surface area contributed by atoms with Gasteiger partial charge >= 0.3 is 0 Å². The van der Waals surface area contributed by atoms with Crippen molar-refractivity contribution in [3.05, 3.63) is 64.4 Å². The lowest BCUT2D eigenvalue weighted by Gasteiger charge is -2.11. The number of aromatic nitrogens is 1. The van der Waals surface area contributed by atoms with Gasteiger partial charge in [-0.25, -0.2) is 4.98 Å². The van der Waals surface area contributed by atoms with Gasteiger partial charge in [0.15, 0.2) is 0 Å². The molecule has 7 heteroatoms. The highest BCUT2D eigenvalue weighted by Gasteiger charge is 2.16. The predicted molar refractivity (Wildman–Crippen MR) is 116 cm³/mol. The van der Waals surface area contributed by atoms with Crippen molar-refractivity contribution in [2.75, 3.05) is 17.4 Å². The standard InChI is InChI=1S/C20H17N3OS3/c21-13-17-16(15-6-2-1-3-7-15)12-18(19-8-4-11-26-19)23-20(17)27-14-25-10-5-9-22-24/h1-4,6-8,11-12H,5,9-10,14H2. The topological polar surface area (TPSA) is 66.1 Å². The number of pyridine rings is 1. The van der Waals surface area contributed by atoms with Gasteiger partial charge in [-0.05, 0) is 35.2 Å². The van der Waals surface area contributed by atoms with Crippen molar-refractivity contribution >= 4 is 34.9 Å². The van der Waals surface area contributed by atoms with Crippen LogP contribution in [0.1, 0.15) is 12.0 Å². The van der Waals surface area contributed by atoms with Gasteiger partial charge in [0, 0.05) is 10.6 Å². The van der Waals surface area contributed by atoms with Crippen LogP contribution in [0.4, 0.5) is 0 Å². The zero-order valence-corrected chi connectivity index (χ0v) is 16.9. The van der Waals surface area contributed by atoms with Crippen LogP contribution in [0, 0.1) is 16.2 Å². The largest absolute Gasteiger partial charge is 0.239 e. The molecule has 2 heterocycles. The maximum Gasteiger partial charge on any atom is 0.116 e. The molecule has 4 nitrogen and oxygen atoms in total. The SMILES string of the molecule is N#Cc1c(-c2ccccc2)cc(-c2cccs2)nc1SCSCCCN=O. The molecule has 0 N–H and O–H groups in total. The van der Waals surface area contributed by atoms with Gasteiger partial charge in [0.25, 0.3) is 0 Å². The fraction of sp³-hybridized carbons (Fsp3) is 0.200. The molecule has 3 rings (SSSR count). The molecule has 0 saturated carbocycles. The third-order valence-corrected chi connectivity index (χ3v) is 6.95. The highest BCUT2D eigenvalue weighted by atomic mass is 32.2. The van der Waals surface area contributed by atoms with Crippen LogP contribution >= 0.6 is 34.9 Å². The summed E-state index contributed by atoms with van der Waals surface area (Å²) in [6.07, 6.45) is 0.776. The van der Waals surface area contributed by atoms with Crippen LogP contribution in [0.2, 0.25) is 0 Å². The van der Waals surface area contributed by atoms with Crippen molar-refractivity contribution < 1.29 is 0 Å². The Morgan fingerprint density at radius 3 is 2.74 bits per heavy atom. The summed E-state index contributed by atoms with van der Waals surface area (Å²) in [6.45, 7) is 0.353. The zero-order chi connectivity index (χ0) is 18.9. The number of thioether (sulfide) groups is 2. The first-order valence-corrected chi connectivity index (χ1v) is 11.4. The Bertz CT molecular complexity index is 922. The Kier molecular flexibility index (Phi) is 7.45. The third-order valence-electron chi connectivity index (χ3n) is 3.77. The van der Waals surface area contributed by atoms with E-state index in [0.29, 0.717) is 12.1 Å². The fourth-order valence-electron chi connectivity index (χ4n) is 2.52. The van der Waals surface area contributed by atoms with Gasteiger partial charge in [0.2, 0.25) is 0 Å². The van der Waals surface area contributed by atoms with E-state index in [4.69, 9.17) is 4.98 Å². The first-order chi connectivity index (χ1) is 13.3. The normalized spacial score (nSPS) is 10.5. The zero-order valence-electron chi connectivity index (χ0n) is 14.5. The van der Waals surface area contributed by atoms with Gasteiger partial charge in [-0.2, -0.15) is 21.9 Å². The summed E-state index contributed by atoms with van der Waals surface area (Å²) in [5.41, 5.74) is 3.43. The molecule has 0 aliphatic heterocycles. The summed E-state index contributed by atoms with van der Waals surface area (Å²) >= 11 is 4.94. The monoisotopic (exact) mass is 411 g/mol. The number of benzene rings is 1. The van der Waals surface area contributed by atoms with Crippen LogP contribution in [0.25, 0.3) is 21.7 Å². The average Bonchev–Trinajstić information content (AvgIpc) is 3.25. The maximum absolute atomic E-state index is 10.2. The summed E-state index contributed by atoms with van der Waals surface area (Å²) in [5.74, 6) is 0.872. The third kappa shape index (κ3) is 5.19. The highest BCUT2D eigenvalue weighted by Crippen LogP contribution is 2.36. The highest BCUT2D eigenvalue weighted by molar-refractivity contribution is 8.16. The summed E-state index contributed by atoms with van der Waals surface area (Å²) in [5, 5.41) is 16.2. The fourth-order valence-corrected chi connectivity index (χ4v) is 5.25. The first-order valence-electron chi connectivity index (χ1n) is 8.37. The van der Waals surface area contributed by atoms with Crippen LogP contribution in [-0.4, -0.2) is 22.4 Å². The molecule has 0 amide bonds. The molecule has 0 atom stereocenters. The predicted octanol–water partition coefficient (Wildman–Crippen LogP) is 6.29. The van der Waals surface area contributed by atoms with E-state index in [9.17, 15) is 10.2 Å². The summed E-state index contributed by atoms with van der Waals surface area (Å²) in [6, 6.07) is 18.4. The lowest BCUT2D eigenvalue weighted by atomic mass is 10.0. The molecule has 1 aromatic carbocycles. The minimum absolute atomic E-state index is 0.353. The summed E-state index contributed by atoms with van der Waals surface area (Å²) < 4.78 is 0. The van der Waals surface area contributed by atoms with Gasteiger partial charge in [0.1, 0.15) is 11.1 Å². The molecule has 0 radical (unpaired) electrons. The van der Waals surface area contributed by atoms with Crippen molar-refractivity contribution in [2.24, 2.45) is 5.18 Å². The smallest absolute Gasteiger partial charge is 0.116 e. The summed E-state index contributed by atoms with van der Waals surface area (Å²) in [7, 11) is 0. The molecule has 0 unspecified atom stereocenters. The van der Waals surface area contributed by atoms with E-state index in [1.165, 1.54) is 0 Å². The second-order valence-electron chi connectivity index (χ2n) is 5.57. The van der Waals surface area contributed by atoms with Gasteiger partial charge in [-0.3, -0.25) is 0 Å². The van der Waals surface area contributed by atoms with Crippen LogP contribution in [0.5, 0.6) is 0 Å². The van der Waals surface area contributed by atoms with E-state index >= 15 is 0 Å². The van der Waals surface area contributed by atoms with Crippen molar-refractivity contribution in [3.8, 4) is 27.8 Å². The van der Waals surface area contributed by atoms with E-state index < -0.39 is 0 Å². The molecule has 2 aromatic heterocycles. The molecule has 3 aromatic rings. The van der Waals surface area contributed by atoms with Crippen molar-refractivity contribution in [1.82, 2.24) is 4.98 Å². The minimum atomic E-state index is 0.353. The van der Waals surface area contributed by atoms with Crippen molar-refractivity contribution in [3.63, 3.8) is 0 Å². The van der Waals surface area contributed by atoms with Crippen LogP contribution < -0.4 is 0 Å². The number of thiophene rings is 1. The number of nitriles is 1. The number of hydrogen-bond acceptors (Lipinski definition) is 7. The molecule has 27 heavy (non-hydrogen) atoms. The van der Waals surface area contributed by atoms with Gasteiger partial charge in [-0.15, -0.1) is 11.3 Å². The second-order valence-corrected chi connectivity index (χ2v) is 8.95. The van der Waals surface area contributed by atoms with Gasteiger partial charge in [-0.1, -0.05) is 53.3 Å². The summed E-state index contributed by atoms with van der Waals surface area (Å²) in [4.78, 5) is 16.0. The molecular formula is C20H17N3OS3. The van der Waals surface area contributed by atoms with Crippen LogP contribution in [0.15, 0.2) is 64.1 Å². The molecule has 0 aliphatic rings. The van der Waals surface area contributed by atoms with E-state index in [2.05, 4.69) is 11.2 Å². The van der Waals surface area contributed by atoms with E-state index in [1.807, 2.05) is 53.9 Å². The molecule has 0 spiro atoms. The Balaban J connectivity index is 1.92. The van der Waals surface area contributed by atoms with Gasteiger partial charge < -0.3 is 0 Å². The van der Waals surface area contributed by atoms with Crippen LogP contribution in [0.3, 0.4) is 0 Å². The Morgan fingerprint density at radius 1 is 1.19 bits per heavy atom. The minimum Gasteiger partial charge on any atom is -0.239 e. The van der Waals surface area contributed by atoms with E-state index in [-0.39, 0.29) is 0 Å². The Morgan fingerprint density at radius 2 is 2.04 bits per heavy atom. The Labute approximate surface area is 171 Å². The number of hydrogen-bond donors (Lipinski definition) is 0. The van der Waals surface area contributed by atoms with Gasteiger partial charge in [0.05, 0.1) is 22.7 Å². The maximum atomic E-state index is 10.2. The lowest BCUT2D eigenvalue weighted by Crippen LogP contribution is -1.95. The molecular weight excluding hydrogens is 394 g/mol. The lowest BCUT2D eigenvalue weighted by molar-refractivity contribution is 0.937. The van der Waals surface area contributed by atoms with Crippen LogP contribution in [-0.2, 0) is 0 Å². The molecule has 0 aliphatic carbocycles. The molecule has 0 saturated heterocycles. The molecule has 136 valence electrons. The van der Waals surface area contributed by atoms with E-state index in [1.54, 1.807) is 34.9 Å². The van der Waals surface area contributed by atoms with E-state index in [0.717, 1.165) is 44.0 Å². The van der Waals surface area contributed by atoms with Crippen molar-refractivity contribution in [2.45, 2.75) is 11.4 Å². The molecule has 0 bridgehead atoms. The number of nitrogens with zero attached hydrogens (tertiary/aromatic N) is 3. The van der Waals surface area contributed by atoms with Crippen molar-refractivity contribution in [1.29, 1.82) is 5.26 Å². The quantitative estimate of drug-likeness (QED) is 0.179. The average molecular weight is 412 g/mol. The number of rotatable bonds is 9.